The average Bonchev–Trinajstić information content (AvgIpc) is 3.01. The van der Waals surface area contributed by atoms with Crippen LogP contribution in [0.4, 0.5) is 0 Å². The lowest BCUT2D eigenvalue weighted by Gasteiger charge is -2.16. The van der Waals surface area contributed by atoms with Crippen LogP contribution in [0.15, 0.2) is 113 Å². The van der Waals surface area contributed by atoms with Crippen molar-refractivity contribution in [2.45, 2.75) is 40.8 Å². The van der Waals surface area contributed by atoms with Gasteiger partial charge in [0.2, 0.25) is 0 Å². The van der Waals surface area contributed by atoms with Gasteiger partial charge in [-0.1, -0.05) is 54.6 Å². The summed E-state index contributed by atoms with van der Waals surface area (Å²) >= 11 is 0. The van der Waals surface area contributed by atoms with Gasteiger partial charge in [-0.2, -0.15) is 0 Å². The standard InChI is InChI=1S/C18H19N3.C16H16N4/c1-5-13(2)10-20-15(4)18-9-8-17(12-21-18)16-7-6-14(3)19-11-16;1-11-3-5-13(6-4-11)15-19-9-14(10-20-15)16-17-7-12(2)8-18-16/h5-12H,4H2,1-3H3;3-10,16-17H,1-2H3/b13-5-,20-10?;. The molecule has 4 aromatic rings. The van der Waals surface area contributed by atoms with Gasteiger partial charge >= 0.3 is 0 Å². The molecule has 5 rings (SSSR count). The third-order valence-corrected chi connectivity index (χ3v) is 6.38. The van der Waals surface area contributed by atoms with Crippen LogP contribution in [0.1, 0.15) is 49.5 Å². The van der Waals surface area contributed by atoms with Crippen molar-refractivity contribution < 1.29 is 0 Å². The number of hydrogen-bond donors (Lipinski definition) is 1. The van der Waals surface area contributed by atoms with Crippen molar-refractivity contribution in [2.24, 2.45) is 9.98 Å². The van der Waals surface area contributed by atoms with Crippen LogP contribution in [0.5, 0.6) is 0 Å². The van der Waals surface area contributed by atoms with Crippen LogP contribution in [0.25, 0.3) is 28.2 Å². The molecule has 206 valence electrons. The first kappa shape index (κ1) is 29.0. The summed E-state index contributed by atoms with van der Waals surface area (Å²) in [5, 5.41) is 3.21. The van der Waals surface area contributed by atoms with E-state index in [9.17, 15) is 0 Å². The van der Waals surface area contributed by atoms with Gasteiger partial charge in [0, 0.05) is 71.4 Å². The van der Waals surface area contributed by atoms with Crippen molar-refractivity contribution in [3.63, 3.8) is 0 Å². The number of aromatic nitrogens is 4. The van der Waals surface area contributed by atoms with E-state index in [1.54, 1.807) is 6.21 Å². The molecule has 7 heteroatoms. The molecule has 1 atom stereocenters. The fourth-order valence-electron chi connectivity index (χ4n) is 3.69. The SMILES string of the molecule is C=C(N=C/C(C)=C\C)c1ccc(-c2ccc(C)nc2)cn1.CC1=CNC(c2cnc(-c3ccc(C)cc3)nc2)N=C1. The lowest BCUT2D eigenvalue weighted by atomic mass is 10.1. The summed E-state index contributed by atoms with van der Waals surface area (Å²) in [5.41, 5.74) is 9.95. The maximum atomic E-state index is 4.43. The lowest BCUT2D eigenvalue weighted by Crippen LogP contribution is -2.18. The van der Waals surface area contributed by atoms with E-state index in [4.69, 9.17) is 0 Å². The predicted octanol–water partition coefficient (Wildman–Crippen LogP) is 7.49. The molecule has 0 aliphatic carbocycles. The largest absolute Gasteiger partial charge is 0.366 e. The van der Waals surface area contributed by atoms with E-state index in [-0.39, 0.29) is 6.17 Å². The molecule has 0 spiro atoms. The number of nitrogens with one attached hydrogen (secondary N) is 1. The number of aryl methyl sites for hydroxylation is 2. The lowest BCUT2D eigenvalue weighted by molar-refractivity contribution is 0.642. The fraction of sp³-hybridized carbons (Fsp3) is 0.176. The summed E-state index contributed by atoms with van der Waals surface area (Å²) in [6.45, 7) is 14.0. The zero-order chi connectivity index (χ0) is 29.2. The number of nitrogens with zero attached hydrogens (tertiary/aromatic N) is 6. The maximum absolute atomic E-state index is 4.43. The van der Waals surface area contributed by atoms with Crippen molar-refractivity contribution >= 4 is 18.1 Å². The third-order valence-electron chi connectivity index (χ3n) is 6.38. The quantitative estimate of drug-likeness (QED) is 0.256. The minimum Gasteiger partial charge on any atom is -0.366 e. The molecule has 1 N–H and O–H groups in total. The van der Waals surface area contributed by atoms with E-state index in [2.05, 4.69) is 60.9 Å². The minimum atomic E-state index is -0.0919. The number of hydrogen-bond acceptors (Lipinski definition) is 7. The highest BCUT2D eigenvalue weighted by Gasteiger charge is 2.11. The van der Waals surface area contributed by atoms with Gasteiger partial charge in [-0.05, 0) is 57.9 Å². The van der Waals surface area contributed by atoms with E-state index in [1.807, 2.05) is 107 Å². The Morgan fingerprint density at radius 2 is 1.49 bits per heavy atom. The Morgan fingerprint density at radius 1 is 0.829 bits per heavy atom. The molecule has 7 nitrogen and oxygen atoms in total. The fourth-order valence-corrected chi connectivity index (χ4v) is 3.69. The average molecular weight is 542 g/mol. The predicted molar refractivity (Wildman–Crippen MR) is 169 cm³/mol. The molecular weight excluding hydrogens is 506 g/mol. The highest BCUT2D eigenvalue weighted by atomic mass is 15.1. The Morgan fingerprint density at radius 3 is 2.05 bits per heavy atom. The number of pyridine rings is 2. The van der Waals surface area contributed by atoms with Crippen molar-refractivity contribution in [1.82, 2.24) is 25.3 Å². The summed E-state index contributed by atoms with van der Waals surface area (Å²) in [4.78, 5) is 26.3. The summed E-state index contributed by atoms with van der Waals surface area (Å²) in [5.74, 6) is 0.736. The Labute approximate surface area is 242 Å². The molecule has 1 aliphatic rings. The minimum absolute atomic E-state index is 0.0919. The highest BCUT2D eigenvalue weighted by molar-refractivity contribution is 5.83. The molecule has 0 bridgehead atoms. The van der Waals surface area contributed by atoms with Gasteiger partial charge in [-0.25, -0.2) is 9.97 Å². The number of benzene rings is 1. The second-order valence-corrected chi connectivity index (χ2v) is 9.80. The van der Waals surface area contributed by atoms with Gasteiger partial charge in [-0.3, -0.25) is 20.0 Å². The van der Waals surface area contributed by atoms with Gasteiger partial charge < -0.3 is 5.32 Å². The van der Waals surface area contributed by atoms with Gasteiger partial charge in [0.05, 0.1) is 11.4 Å². The molecule has 1 aromatic carbocycles. The summed E-state index contributed by atoms with van der Waals surface area (Å²) in [6.07, 6.45) is 14.8. The molecule has 0 amide bonds. The van der Waals surface area contributed by atoms with Crippen LogP contribution in [0.2, 0.25) is 0 Å². The Hall–Kier alpha value is -5.04. The molecule has 41 heavy (non-hydrogen) atoms. The first-order valence-corrected chi connectivity index (χ1v) is 13.4. The first-order valence-electron chi connectivity index (χ1n) is 13.4. The molecule has 0 saturated carbocycles. The van der Waals surface area contributed by atoms with E-state index in [1.165, 1.54) is 5.56 Å². The Kier molecular flexibility index (Phi) is 9.78. The zero-order valence-corrected chi connectivity index (χ0v) is 24.2. The second-order valence-electron chi connectivity index (χ2n) is 9.80. The topological polar surface area (TPSA) is 88.3 Å². The number of allylic oxidation sites excluding steroid dienone is 3. The Balaban J connectivity index is 0.000000189. The van der Waals surface area contributed by atoms with Crippen molar-refractivity contribution in [1.29, 1.82) is 0 Å². The number of aliphatic imine (C=N–C) groups is 2. The van der Waals surface area contributed by atoms with Gasteiger partial charge in [0.25, 0.3) is 0 Å². The van der Waals surface area contributed by atoms with Gasteiger partial charge in [0.15, 0.2) is 5.82 Å². The summed E-state index contributed by atoms with van der Waals surface area (Å²) < 4.78 is 0. The van der Waals surface area contributed by atoms with Crippen molar-refractivity contribution in [2.75, 3.05) is 0 Å². The molecular formula is C34H35N7. The number of rotatable bonds is 6. The molecule has 0 fully saturated rings. The zero-order valence-electron chi connectivity index (χ0n) is 24.2. The molecule has 0 radical (unpaired) electrons. The van der Waals surface area contributed by atoms with E-state index >= 15 is 0 Å². The smallest absolute Gasteiger partial charge is 0.159 e. The van der Waals surface area contributed by atoms with Crippen LogP contribution < -0.4 is 5.32 Å². The van der Waals surface area contributed by atoms with Crippen LogP contribution in [-0.2, 0) is 0 Å². The van der Waals surface area contributed by atoms with Crippen LogP contribution in [0, 0.1) is 13.8 Å². The molecule has 0 saturated heterocycles. The van der Waals surface area contributed by atoms with E-state index in [0.717, 1.165) is 50.6 Å². The van der Waals surface area contributed by atoms with Gasteiger partial charge in [-0.15, -0.1) is 0 Å². The monoisotopic (exact) mass is 541 g/mol. The van der Waals surface area contributed by atoms with E-state index < -0.39 is 0 Å². The molecule has 3 aromatic heterocycles. The molecule has 1 aliphatic heterocycles. The normalized spacial score (nSPS) is 14.6. The van der Waals surface area contributed by atoms with E-state index in [0.29, 0.717) is 5.70 Å². The third kappa shape index (κ3) is 8.22. The van der Waals surface area contributed by atoms with Gasteiger partial charge in [0.1, 0.15) is 6.17 Å². The van der Waals surface area contributed by atoms with Crippen LogP contribution in [0.3, 0.4) is 0 Å². The van der Waals surface area contributed by atoms with Crippen LogP contribution >= 0.6 is 0 Å². The Bertz CT molecular complexity index is 1580. The summed E-state index contributed by atoms with van der Waals surface area (Å²) in [7, 11) is 0. The molecule has 4 heterocycles. The van der Waals surface area contributed by atoms with Crippen molar-refractivity contribution in [3.8, 4) is 22.5 Å². The second kappa shape index (κ2) is 13.8. The van der Waals surface area contributed by atoms with Crippen molar-refractivity contribution in [3.05, 3.63) is 126 Å². The molecule has 1 unspecified atom stereocenters. The first-order chi connectivity index (χ1) is 19.8. The summed E-state index contributed by atoms with van der Waals surface area (Å²) in [6, 6.07) is 16.2. The maximum Gasteiger partial charge on any atom is 0.159 e. The highest BCUT2D eigenvalue weighted by Crippen LogP contribution is 2.21. The van der Waals surface area contributed by atoms with Crippen LogP contribution in [-0.4, -0.2) is 32.4 Å².